The molecule has 0 amide bonds. The molecule has 2 aliphatic rings. The molecule has 0 saturated carbocycles. The van der Waals surface area contributed by atoms with E-state index in [1.807, 2.05) is 0 Å². The molecule has 16 aromatic rings. The zero-order valence-corrected chi connectivity index (χ0v) is 62.5. The van der Waals surface area contributed by atoms with Crippen molar-refractivity contribution in [1.29, 1.82) is 0 Å². The van der Waals surface area contributed by atoms with Crippen LogP contribution in [0.4, 0.5) is 22.7 Å². The first-order chi connectivity index (χ1) is 51.5. The molecule has 2 heterocycles. The highest BCUT2D eigenvalue weighted by atomic mass is 15.2. The van der Waals surface area contributed by atoms with E-state index in [4.69, 9.17) is 0 Å². The first-order valence-corrected chi connectivity index (χ1v) is 38.3. The van der Waals surface area contributed by atoms with E-state index in [2.05, 4.69) is 388 Å². The second-order valence-electron chi connectivity index (χ2n) is 33.0. The van der Waals surface area contributed by atoms with Crippen molar-refractivity contribution in [3.8, 4) is 66.8 Å². The summed E-state index contributed by atoms with van der Waals surface area (Å²) in [5.41, 5.74) is 33.3. The Balaban J connectivity index is 0.900. The molecule has 0 radical (unpaired) electrons. The standard InChI is InChI=1S/C103H89BN2/c1-101(2,3)77-48-44-67(45-49-77)58-68-59-96-100-97(60-68)106(57-55-82-90(72-34-21-13-22-35-72)65-79(103(7,8)9)66-91(82)73-36-23-14-24-37-73)95-53-47-76(80-50-51-87-85-41-26-39-74-38-25-40-84(98(74)85)86-43-27-42-83(80)99(86)87)62-93(95)104(100)92-61-75(69-28-15-10-16-29-69)46-52-94(92)105(96)56-54-81-88(70-30-17-11-18-31-70)63-78(102(4,5)6)64-89(81)71-32-19-12-20-33-71/h10-53,59-66H,54-58H2,1-9H3. The van der Waals surface area contributed by atoms with Gasteiger partial charge in [-0.15, -0.1) is 0 Å². The lowest BCUT2D eigenvalue weighted by atomic mass is 9.33. The zero-order chi connectivity index (χ0) is 72.2. The van der Waals surface area contributed by atoms with Gasteiger partial charge in [0.1, 0.15) is 0 Å². The molecule has 0 atom stereocenters. The summed E-state index contributed by atoms with van der Waals surface area (Å²) in [6, 6.07) is 121. The molecule has 18 rings (SSSR count). The number of rotatable bonds is 14. The lowest BCUT2D eigenvalue weighted by molar-refractivity contribution is 0.590. The monoisotopic (exact) mass is 1360 g/mol. The number of benzene rings is 16. The molecule has 514 valence electrons. The Morgan fingerprint density at radius 3 is 1.09 bits per heavy atom. The molecule has 0 bridgehead atoms. The van der Waals surface area contributed by atoms with Crippen LogP contribution in [-0.4, -0.2) is 19.8 Å². The minimum atomic E-state index is -0.132. The molecule has 0 fully saturated rings. The van der Waals surface area contributed by atoms with E-state index in [1.165, 1.54) is 188 Å². The van der Waals surface area contributed by atoms with Crippen molar-refractivity contribution >= 4 is 88.9 Å². The van der Waals surface area contributed by atoms with Gasteiger partial charge < -0.3 is 9.80 Å². The van der Waals surface area contributed by atoms with Crippen molar-refractivity contribution in [3.63, 3.8) is 0 Å². The lowest BCUT2D eigenvalue weighted by Crippen LogP contribution is -2.62. The Bertz CT molecular complexity index is 5830. The van der Waals surface area contributed by atoms with Gasteiger partial charge in [-0.3, -0.25) is 0 Å². The Morgan fingerprint density at radius 2 is 0.651 bits per heavy atom. The fourth-order valence-corrected chi connectivity index (χ4v) is 17.7. The summed E-state index contributed by atoms with van der Waals surface area (Å²) in [7, 11) is 0. The van der Waals surface area contributed by atoms with Gasteiger partial charge in [0.2, 0.25) is 0 Å². The van der Waals surface area contributed by atoms with Gasteiger partial charge in [-0.2, -0.15) is 0 Å². The maximum atomic E-state index is 2.77. The predicted molar refractivity (Wildman–Crippen MR) is 457 cm³/mol. The topological polar surface area (TPSA) is 6.48 Å². The normalized spacial score (nSPS) is 12.9. The molecular formula is C103H89BN2. The molecule has 2 aliphatic heterocycles. The third kappa shape index (κ3) is 11.9. The Morgan fingerprint density at radius 1 is 0.264 bits per heavy atom. The van der Waals surface area contributed by atoms with Gasteiger partial charge in [0.25, 0.3) is 6.71 Å². The quantitative estimate of drug-likeness (QED) is 0.0608. The third-order valence-electron chi connectivity index (χ3n) is 23.2. The summed E-state index contributed by atoms with van der Waals surface area (Å²) in [4.78, 5) is 5.53. The van der Waals surface area contributed by atoms with Crippen LogP contribution < -0.4 is 26.2 Å². The summed E-state index contributed by atoms with van der Waals surface area (Å²) in [6.45, 7) is 22.4. The van der Waals surface area contributed by atoms with Crippen LogP contribution in [0.3, 0.4) is 0 Å². The molecule has 0 aromatic heterocycles. The molecule has 0 spiro atoms. The number of fused-ring (bicyclic) bond motifs is 6. The van der Waals surface area contributed by atoms with E-state index < -0.39 is 0 Å². The molecule has 106 heavy (non-hydrogen) atoms. The molecule has 0 N–H and O–H groups in total. The molecule has 16 aromatic carbocycles. The van der Waals surface area contributed by atoms with Crippen LogP contribution >= 0.6 is 0 Å². The first kappa shape index (κ1) is 66.4. The van der Waals surface area contributed by atoms with Gasteiger partial charge >= 0.3 is 0 Å². The zero-order valence-electron chi connectivity index (χ0n) is 62.5. The molecule has 2 nitrogen and oxygen atoms in total. The number of hydrogen-bond acceptors (Lipinski definition) is 2. The van der Waals surface area contributed by atoms with Crippen molar-refractivity contribution in [2.75, 3.05) is 22.9 Å². The summed E-state index contributed by atoms with van der Waals surface area (Å²) in [6.07, 6.45) is 2.36. The third-order valence-corrected chi connectivity index (χ3v) is 23.2. The Kier molecular flexibility index (Phi) is 16.5. The highest BCUT2D eigenvalue weighted by Gasteiger charge is 2.44. The van der Waals surface area contributed by atoms with Crippen LogP contribution in [-0.2, 0) is 35.5 Å². The lowest BCUT2D eigenvalue weighted by Gasteiger charge is -2.45. The average Bonchev–Trinajstić information content (AvgIpc) is 0.702. The van der Waals surface area contributed by atoms with Crippen LogP contribution in [0.2, 0.25) is 0 Å². The van der Waals surface area contributed by atoms with E-state index in [-0.39, 0.29) is 23.0 Å². The van der Waals surface area contributed by atoms with Crippen LogP contribution in [0.15, 0.2) is 315 Å². The fourth-order valence-electron chi connectivity index (χ4n) is 17.7. The largest absolute Gasteiger partial charge is 0.342 e. The number of nitrogens with zero attached hydrogens (tertiary/aromatic N) is 2. The fraction of sp³-hybridized carbons (Fsp3) is 0.165. The number of anilines is 4. The van der Waals surface area contributed by atoms with Gasteiger partial charge in [0, 0.05) is 35.8 Å². The summed E-state index contributed by atoms with van der Waals surface area (Å²) < 4.78 is 0. The van der Waals surface area contributed by atoms with Crippen molar-refractivity contribution in [1.82, 2.24) is 0 Å². The SMILES string of the molecule is CC(C)(C)c1ccc(Cc2cc3c4c(c2)N(CCc2c(-c5ccccc5)cc(C(C)(C)C)cc2-c2ccccc2)c2ccc(-c5ccc6c7cccc8cccc(c9cccc5c96)c87)cc2B4c2cc(-c4ccccc4)ccc2N3CCc2c(-c3ccccc3)cc(C(C)(C)C)cc2-c2ccccc2)cc1. The molecule has 0 aliphatic carbocycles. The highest BCUT2D eigenvalue weighted by molar-refractivity contribution is 7.00. The van der Waals surface area contributed by atoms with Gasteiger partial charge in [-0.25, -0.2) is 0 Å². The predicted octanol–water partition coefficient (Wildman–Crippen LogP) is 25.1. The van der Waals surface area contributed by atoms with Gasteiger partial charge in [-0.1, -0.05) is 353 Å². The molecule has 0 saturated heterocycles. The van der Waals surface area contributed by atoms with E-state index in [0.29, 0.717) is 0 Å². The van der Waals surface area contributed by atoms with Gasteiger partial charge in [0.15, 0.2) is 0 Å². The Hall–Kier alpha value is -11.5. The van der Waals surface area contributed by atoms with Crippen molar-refractivity contribution in [2.45, 2.75) is 97.8 Å². The van der Waals surface area contributed by atoms with Gasteiger partial charge in [0.05, 0.1) is 0 Å². The highest BCUT2D eigenvalue weighted by Crippen LogP contribution is 2.48. The minimum Gasteiger partial charge on any atom is -0.342 e. The van der Waals surface area contributed by atoms with Crippen LogP contribution in [0, 0.1) is 0 Å². The van der Waals surface area contributed by atoms with Crippen molar-refractivity contribution < 1.29 is 0 Å². The smallest absolute Gasteiger partial charge is 0.252 e. The van der Waals surface area contributed by atoms with Gasteiger partial charge in [-0.05, 0) is 225 Å². The Labute approximate surface area is 626 Å². The summed E-state index contributed by atoms with van der Waals surface area (Å²) in [5.74, 6) is 0. The summed E-state index contributed by atoms with van der Waals surface area (Å²) >= 11 is 0. The van der Waals surface area contributed by atoms with Crippen LogP contribution in [0.5, 0.6) is 0 Å². The second-order valence-corrected chi connectivity index (χ2v) is 33.0. The van der Waals surface area contributed by atoms with Crippen molar-refractivity contribution in [2.24, 2.45) is 0 Å². The van der Waals surface area contributed by atoms with E-state index in [1.54, 1.807) is 0 Å². The van der Waals surface area contributed by atoms with Crippen LogP contribution in [0.1, 0.15) is 101 Å². The van der Waals surface area contributed by atoms with Crippen molar-refractivity contribution in [3.05, 3.63) is 354 Å². The van der Waals surface area contributed by atoms with E-state index in [9.17, 15) is 0 Å². The average molecular weight is 1370 g/mol. The maximum Gasteiger partial charge on any atom is 0.252 e. The number of hydrogen-bond donors (Lipinski definition) is 0. The second kappa shape index (κ2) is 26.3. The maximum absolute atomic E-state index is 2.77. The first-order valence-electron chi connectivity index (χ1n) is 38.3. The molecular weight excluding hydrogens is 1280 g/mol. The van der Waals surface area contributed by atoms with E-state index >= 15 is 0 Å². The molecule has 3 heteroatoms. The van der Waals surface area contributed by atoms with E-state index in [0.717, 1.165) is 32.4 Å². The van der Waals surface area contributed by atoms with Crippen LogP contribution in [0.25, 0.3) is 110 Å². The minimum absolute atomic E-state index is 0.0300. The molecule has 0 unspecified atom stereocenters. The summed E-state index contributed by atoms with van der Waals surface area (Å²) in [5, 5.41) is 10.4.